The van der Waals surface area contributed by atoms with E-state index in [4.69, 9.17) is 4.42 Å². The first-order chi connectivity index (χ1) is 7.25. The summed E-state index contributed by atoms with van der Waals surface area (Å²) in [4.78, 5) is 2.34. The molecule has 1 unspecified atom stereocenters. The Bertz CT molecular complexity index is 280. The van der Waals surface area contributed by atoms with Crippen molar-refractivity contribution in [1.82, 2.24) is 10.2 Å². The summed E-state index contributed by atoms with van der Waals surface area (Å²) in [6, 6.07) is 3.98. The van der Waals surface area contributed by atoms with Crippen molar-refractivity contribution in [3.8, 4) is 0 Å². The van der Waals surface area contributed by atoms with Crippen LogP contribution in [0.4, 0.5) is 0 Å². The van der Waals surface area contributed by atoms with E-state index in [9.17, 15) is 0 Å². The van der Waals surface area contributed by atoms with E-state index >= 15 is 0 Å². The van der Waals surface area contributed by atoms with Crippen LogP contribution in [0.1, 0.15) is 12.7 Å². The highest BCUT2D eigenvalue weighted by Crippen LogP contribution is 2.17. The van der Waals surface area contributed by atoms with Gasteiger partial charge in [-0.05, 0) is 44.1 Å². The summed E-state index contributed by atoms with van der Waals surface area (Å²) >= 11 is 0. The number of nitrogens with zero attached hydrogens (tertiary/aromatic N) is 1. The van der Waals surface area contributed by atoms with Gasteiger partial charge in [0.25, 0.3) is 0 Å². The summed E-state index contributed by atoms with van der Waals surface area (Å²) < 4.78 is 5.33. The summed E-state index contributed by atoms with van der Waals surface area (Å²) in [5.74, 6) is 2.69. The van der Waals surface area contributed by atoms with Gasteiger partial charge in [-0.15, -0.1) is 0 Å². The van der Waals surface area contributed by atoms with Crippen molar-refractivity contribution in [1.29, 1.82) is 0 Å². The third-order valence-electron chi connectivity index (χ3n) is 3.22. The molecular weight excluding hydrogens is 188 g/mol. The monoisotopic (exact) mass is 208 g/mol. The van der Waals surface area contributed by atoms with E-state index in [1.54, 1.807) is 6.26 Å². The van der Waals surface area contributed by atoms with Crippen LogP contribution >= 0.6 is 0 Å². The van der Waals surface area contributed by atoms with Gasteiger partial charge in [-0.1, -0.05) is 6.92 Å². The SMILES string of the molecule is CC(CN(C)Cc1ccco1)C1CNC1. The molecule has 0 aliphatic carbocycles. The lowest BCUT2D eigenvalue weighted by atomic mass is 9.88. The molecule has 1 N–H and O–H groups in total. The molecule has 0 aromatic carbocycles. The molecule has 3 heteroatoms. The lowest BCUT2D eigenvalue weighted by Gasteiger charge is -2.34. The van der Waals surface area contributed by atoms with Gasteiger partial charge in [0.2, 0.25) is 0 Å². The molecule has 1 aromatic heterocycles. The third-order valence-corrected chi connectivity index (χ3v) is 3.22. The maximum atomic E-state index is 5.33. The molecule has 1 atom stereocenters. The molecule has 0 spiro atoms. The van der Waals surface area contributed by atoms with Crippen LogP contribution in [-0.4, -0.2) is 31.6 Å². The normalized spacial score (nSPS) is 19.1. The molecule has 84 valence electrons. The average Bonchev–Trinajstić information content (AvgIpc) is 2.52. The third kappa shape index (κ3) is 2.83. The second-order valence-electron chi connectivity index (χ2n) is 4.67. The molecule has 1 aliphatic heterocycles. The second-order valence-corrected chi connectivity index (χ2v) is 4.67. The van der Waals surface area contributed by atoms with Gasteiger partial charge in [0.15, 0.2) is 0 Å². The lowest BCUT2D eigenvalue weighted by Crippen LogP contribution is -2.47. The molecule has 0 saturated carbocycles. The van der Waals surface area contributed by atoms with Crippen molar-refractivity contribution in [3.63, 3.8) is 0 Å². The Labute approximate surface area is 91.4 Å². The minimum atomic E-state index is 0.770. The fourth-order valence-corrected chi connectivity index (χ4v) is 2.09. The van der Waals surface area contributed by atoms with E-state index in [2.05, 4.69) is 24.2 Å². The van der Waals surface area contributed by atoms with Crippen LogP contribution in [0.15, 0.2) is 22.8 Å². The molecule has 1 aliphatic rings. The van der Waals surface area contributed by atoms with Crippen molar-refractivity contribution >= 4 is 0 Å². The Morgan fingerprint density at radius 1 is 1.60 bits per heavy atom. The molecular formula is C12H20N2O. The van der Waals surface area contributed by atoms with E-state index in [0.29, 0.717) is 0 Å². The van der Waals surface area contributed by atoms with Crippen molar-refractivity contribution in [2.24, 2.45) is 11.8 Å². The highest BCUT2D eigenvalue weighted by molar-refractivity contribution is 4.97. The topological polar surface area (TPSA) is 28.4 Å². The van der Waals surface area contributed by atoms with E-state index in [0.717, 1.165) is 30.7 Å². The summed E-state index contributed by atoms with van der Waals surface area (Å²) in [6.45, 7) is 6.78. The van der Waals surface area contributed by atoms with E-state index in [1.165, 1.54) is 13.1 Å². The van der Waals surface area contributed by atoms with Crippen LogP contribution in [0.2, 0.25) is 0 Å². The Kier molecular flexibility index (Phi) is 3.44. The van der Waals surface area contributed by atoms with E-state index in [-0.39, 0.29) is 0 Å². The largest absolute Gasteiger partial charge is 0.468 e. The molecule has 0 radical (unpaired) electrons. The zero-order chi connectivity index (χ0) is 10.7. The minimum absolute atomic E-state index is 0.770. The fourth-order valence-electron chi connectivity index (χ4n) is 2.09. The van der Waals surface area contributed by atoms with E-state index < -0.39 is 0 Å². The number of rotatable bonds is 5. The van der Waals surface area contributed by atoms with Crippen LogP contribution in [0.5, 0.6) is 0 Å². The highest BCUT2D eigenvalue weighted by Gasteiger charge is 2.24. The first-order valence-corrected chi connectivity index (χ1v) is 5.67. The quantitative estimate of drug-likeness (QED) is 0.796. The van der Waals surface area contributed by atoms with Gasteiger partial charge in [-0.3, -0.25) is 4.90 Å². The molecule has 0 bridgehead atoms. The molecule has 3 nitrogen and oxygen atoms in total. The van der Waals surface area contributed by atoms with Crippen molar-refractivity contribution in [3.05, 3.63) is 24.2 Å². The summed E-state index contributed by atoms with van der Waals surface area (Å²) in [5.41, 5.74) is 0. The van der Waals surface area contributed by atoms with Crippen LogP contribution in [-0.2, 0) is 6.54 Å². The number of nitrogens with one attached hydrogen (secondary N) is 1. The average molecular weight is 208 g/mol. The van der Waals surface area contributed by atoms with Crippen LogP contribution in [0.25, 0.3) is 0 Å². The maximum absolute atomic E-state index is 5.33. The fraction of sp³-hybridized carbons (Fsp3) is 0.667. The predicted molar refractivity (Wildman–Crippen MR) is 60.6 cm³/mol. The van der Waals surface area contributed by atoms with Crippen LogP contribution in [0, 0.1) is 11.8 Å². The Morgan fingerprint density at radius 2 is 2.40 bits per heavy atom. The van der Waals surface area contributed by atoms with Gasteiger partial charge in [-0.25, -0.2) is 0 Å². The van der Waals surface area contributed by atoms with E-state index in [1.807, 2.05) is 12.1 Å². The number of hydrogen-bond acceptors (Lipinski definition) is 3. The van der Waals surface area contributed by atoms with Crippen LogP contribution < -0.4 is 5.32 Å². The molecule has 15 heavy (non-hydrogen) atoms. The molecule has 2 heterocycles. The van der Waals surface area contributed by atoms with Gasteiger partial charge in [0.1, 0.15) is 5.76 Å². The highest BCUT2D eigenvalue weighted by atomic mass is 16.3. The van der Waals surface area contributed by atoms with Gasteiger partial charge >= 0.3 is 0 Å². The molecule has 1 fully saturated rings. The minimum Gasteiger partial charge on any atom is -0.468 e. The van der Waals surface area contributed by atoms with Crippen molar-refractivity contribution in [2.45, 2.75) is 13.5 Å². The zero-order valence-electron chi connectivity index (χ0n) is 9.57. The Balaban J connectivity index is 1.74. The first kappa shape index (κ1) is 10.7. The van der Waals surface area contributed by atoms with Crippen molar-refractivity contribution < 1.29 is 4.42 Å². The number of hydrogen-bond donors (Lipinski definition) is 1. The first-order valence-electron chi connectivity index (χ1n) is 5.67. The van der Waals surface area contributed by atoms with Crippen molar-refractivity contribution in [2.75, 3.05) is 26.7 Å². The Hall–Kier alpha value is -0.800. The Morgan fingerprint density at radius 3 is 2.93 bits per heavy atom. The molecule has 1 saturated heterocycles. The standard InChI is InChI=1S/C12H20N2O/c1-10(11-6-13-7-11)8-14(2)9-12-4-3-5-15-12/h3-5,10-11,13H,6-9H2,1-2H3. The summed E-state index contributed by atoms with van der Waals surface area (Å²) in [6.07, 6.45) is 1.74. The van der Waals surface area contributed by atoms with Gasteiger partial charge < -0.3 is 9.73 Å². The summed E-state index contributed by atoms with van der Waals surface area (Å²) in [7, 11) is 2.16. The number of furan rings is 1. The predicted octanol–water partition coefficient (Wildman–Crippen LogP) is 1.57. The molecule has 1 aromatic rings. The molecule has 0 amide bonds. The smallest absolute Gasteiger partial charge is 0.117 e. The summed E-state index contributed by atoms with van der Waals surface area (Å²) in [5, 5.41) is 3.32. The van der Waals surface area contributed by atoms with Gasteiger partial charge in [-0.2, -0.15) is 0 Å². The lowest BCUT2D eigenvalue weighted by molar-refractivity contribution is 0.176. The van der Waals surface area contributed by atoms with Gasteiger partial charge in [0, 0.05) is 6.54 Å². The molecule has 2 rings (SSSR count). The zero-order valence-corrected chi connectivity index (χ0v) is 9.57. The van der Waals surface area contributed by atoms with Crippen LogP contribution in [0.3, 0.4) is 0 Å². The second kappa shape index (κ2) is 4.81. The van der Waals surface area contributed by atoms with Gasteiger partial charge in [0.05, 0.1) is 12.8 Å². The maximum Gasteiger partial charge on any atom is 0.117 e.